The van der Waals surface area contributed by atoms with Gasteiger partial charge in [0, 0.05) is 25.8 Å². The molecular weight excluding hydrogens is 214 g/mol. The van der Waals surface area contributed by atoms with E-state index in [4.69, 9.17) is 4.74 Å². The number of methoxy groups -OCH3 is 1. The van der Waals surface area contributed by atoms with Gasteiger partial charge >= 0.3 is 0 Å². The van der Waals surface area contributed by atoms with Gasteiger partial charge in [0.25, 0.3) is 5.91 Å². The minimum Gasteiger partial charge on any atom is -0.380 e. The second-order valence-corrected chi connectivity index (χ2v) is 4.62. The molecule has 3 heteroatoms. The van der Waals surface area contributed by atoms with E-state index in [0.29, 0.717) is 6.54 Å². The normalized spacial score (nSPS) is 20.4. The molecule has 1 heterocycles. The Labute approximate surface area is 102 Å². The molecule has 1 aromatic carbocycles. The minimum atomic E-state index is 0.121. The van der Waals surface area contributed by atoms with Gasteiger partial charge in [0.05, 0.1) is 6.10 Å². The fourth-order valence-corrected chi connectivity index (χ4v) is 2.28. The van der Waals surface area contributed by atoms with Gasteiger partial charge in [0.15, 0.2) is 0 Å². The summed E-state index contributed by atoms with van der Waals surface area (Å²) in [5, 5.41) is 0. The second kappa shape index (κ2) is 5.32. The summed E-state index contributed by atoms with van der Waals surface area (Å²) in [7, 11) is 1.71. The summed E-state index contributed by atoms with van der Waals surface area (Å²) in [6, 6.07) is 7.76. The highest BCUT2D eigenvalue weighted by molar-refractivity contribution is 5.94. The van der Waals surface area contributed by atoms with Crippen LogP contribution in [0.3, 0.4) is 0 Å². The molecule has 17 heavy (non-hydrogen) atoms. The third-order valence-electron chi connectivity index (χ3n) is 3.26. The predicted octanol–water partition coefficient (Wildman–Crippen LogP) is 2.25. The Balaban J connectivity index is 2.09. The Morgan fingerprint density at radius 3 is 3.00 bits per heavy atom. The van der Waals surface area contributed by atoms with Crippen molar-refractivity contribution < 1.29 is 9.53 Å². The van der Waals surface area contributed by atoms with Crippen molar-refractivity contribution >= 4 is 5.91 Å². The maximum atomic E-state index is 12.3. The molecule has 1 aromatic rings. The molecule has 0 spiro atoms. The topological polar surface area (TPSA) is 29.5 Å². The first-order chi connectivity index (χ1) is 8.20. The zero-order valence-electron chi connectivity index (χ0n) is 10.5. The van der Waals surface area contributed by atoms with E-state index in [1.807, 2.05) is 36.1 Å². The lowest BCUT2D eigenvalue weighted by atomic mass is 10.1. The van der Waals surface area contributed by atoms with Crippen molar-refractivity contribution in [1.29, 1.82) is 0 Å². The summed E-state index contributed by atoms with van der Waals surface area (Å²) >= 11 is 0. The van der Waals surface area contributed by atoms with Gasteiger partial charge in [-0.3, -0.25) is 4.79 Å². The fourth-order valence-electron chi connectivity index (χ4n) is 2.28. The highest BCUT2D eigenvalue weighted by Crippen LogP contribution is 2.16. The van der Waals surface area contributed by atoms with Crippen LogP contribution in [0.15, 0.2) is 24.3 Å². The highest BCUT2D eigenvalue weighted by atomic mass is 16.5. The third-order valence-corrected chi connectivity index (χ3v) is 3.26. The molecule has 1 atom stereocenters. The monoisotopic (exact) mass is 233 g/mol. The largest absolute Gasteiger partial charge is 0.380 e. The van der Waals surface area contributed by atoms with Crippen LogP contribution >= 0.6 is 0 Å². The molecule has 1 amide bonds. The van der Waals surface area contributed by atoms with Crippen molar-refractivity contribution in [3.8, 4) is 0 Å². The molecule has 0 aromatic heterocycles. The maximum absolute atomic E-state index is 12.3. The average Bonchev–Trinajstić information content (AvgIpc) is 2.38. The first-order valence-electron chi connectivity index (χ1n) is 6.09. The maximum Gasteiger partial charge on any atom is 0.253 e. The van der Waals surface area contributed by atoms with Crippen LogP contribution in [0.4, 0.5) is 0 Å². The third kappa shape index (κ3) is 2.86. The van der Waals surface area contributed by atoms with Gasteiger partial charge in [-0.2, -0.15) is 0 Å². The standard InChI is InChI=1S/C14H19NO2/c1-11-5-3-6-12(9-11)14(16)15-8-4-7-13(10-15)17-2/h3,5-6,9,13H,4,7-8,10H2,1-2H3. The molecule has 0 saturated carbocycles. The number of rotatable bonds is 2. The number of hydrogen-bond acceptors (Lipinski definition) is 2. The van der Waals surface area contributed by atoms with Gasteiger partial charge in [-0.15, -0.1) is 0 Å². The lowest BCUT2D eigenvalue weighted by molar-refractivity contribution is 0.0269. The molecule has 1 fully saturated rings. The molecule has 1 saturated heterocycles. The van der Waals surface area contributed by atoms with Crippen molar-refractivity contribution in [2.45, 2.75) is 25.9 Å². The summed E-state index contributed by atoms with van der Waals surface area (Å²) < 4.78 is 5.34. The van der Waals surface area contributed by atoms with E-state index in [0.717, 1.165) is 30.5 Å². The van der Waals surface area contributed by atoms with Crippen LogP contribution in [0.25, 0.3) is 0 Å². The Bertz CT molecular complexity index is 403. The zero-order chi connectivity index (χ0) is 12.3. The molecule has 0 aliphatic carbocycles. The number of carbonyl (C=O) groups excluding carboxylic acids is 1. The van der Waals surface area contributed by atoms with Crippen molar-refractivity contribution in [2.75, 3.05) is 20.2 Å². The number of nitrogens with zero attached hydrogens (tertiary/aromatic N) is 1. The summed E-state index contributed by atoms with van der Waals surface area (Å²) in [4.78, 5) is 14.2. The van der Waals surface area contributed by atoms with Crippen LogP contribution in [0.1, 0.15) is 28.8 Å². The van der Waals surface area contributed by atoms with Crippen molar-refractivity contribution in [1.82, 2.24) is 4.90 Å². The number of amides is 1. The number of likely N-dealkylation sites (tertiary alicyclic amines) is 1. The van der Waals surface area contributed by atoms with Gasteiger partial charge in [-0.05, 0) is 31.9 Å². The summed E-state index contributed by atoms with van der Waals surface area (Å²) in [6.45, 7) is 3.56. The van der Waals surface area contributed by atoms with Crippen LogP contribution in [0.5, 0.6) is 0 Å². The number of carbonyl (C=O) groups is 1. The number of ether oxygens (including phenoxy) is 1. The molecule has 1 aliphatic rings. The molecule has 1 aliphatic heterocycles. The summed E-state index contributed by atoms with van der Waals surface area (Å²) in [5.41, 5.74) is 1.90. The quantitative estimate of drug-likeness (QED) is 0.784. The highest BCUT2D eigenvalue weighted by Gasteiger charge is 2.24. The number of piperidine rings is 1. The smallest absolute Gasteiger partial charge is 0.253 e. The van der Waals surface area contributed by atoms with Crippen molar-refractivity contribution in [3.63, 3.8) is 0 Å². The van der Waals surface area contributed by atoms with E-state index in [2.05, 4.69) is 0 Å². The van der Waals surface area contributed by atoms with Gasteiger partial charge in [-0.1, -0.05) is 17.7 Å². The van der Waals surface area contributed by atoms with Crippen LogP contribution in [-0.2, 0) is 4.74 Å². The van der Waals surface area contributed by atoms with Crippen molar-refractivity contribution in [3.05, 3.63) is 35.4 Å². The van der Waals surface area contributed by atoms with Crippen molar-refractivity contribution in [2.24, 2.45) is 0 Å². The lowest BCUT2D eigenvalue weighted by Crippen LogP contribution is -2.42. The Morgan fingerprint density at radius 1 is 1.47 bits per heavy atom. The number of hydrogen-bond donors (Lipinski definition) is 0. The van der Waals surface area contributed by atoms with E-state index in [9.17, 15) is 4.79 Å². The molecular formula is C14H19NO2. The molecule has 0 radical (unpaired) electrons. The van der Waals surface area contributed by atoms with Crippen LogP contribution in [0, 0.1) is 6.92 Å². The van der Waals surface area contributed by atoms with E-state index >= 15 is 0 Å². The van der Waals surface area contributed by atoms with E-state index in [-0.39, 0.29) is 12.0 Å². The van der Waals surface area contributed by atoms with Crippen LogP contribution in [-0.4, -0.2) is 37.1 Å². The zero-order valence-corrected chi connectivity index (χ0v) is 10.5. The first kappa shape index (κ1) is 12.1. The van der Waals surface area contributed by atoms with Crippen LogP contribution < -0.4 is 0 Å². The first-order valence-corrected chi connectivity index (χ1v) is 6.09. The Hall–Kier alpha value is -1.35. The van der Waals surface area contributed by atoms with E-state index < -0.39 is 0 Å². The average molecular weight is 233 g/mol. The lowest BCUT2D eigenvalue weighted by Gasteiger charge is -2.32. The Morgan fingerprint density at radius 2 is 2.29 bits per heavy atom. The molecule has 92 valence electrons. The van der Waals surface area contributed by atoms with Gasteiger partial charge in [-0.25, -0.2) is 0 Å². The number of benzene rings is 1. The minimum absolute atomic E-state index is 0.121. The number of aryl methyl sites for hydroxylation is 1. The van der Waals surface area contributed by atoms with Gasteiger partial charge < -0.3 is 9.64 Å². The molecule has 3 nitrogen and oxygen atoms in total. The van der Waals surface area contributed by atoms with Gasteiger partial charge in [0.1, 0.15) is 0 Å². The Kier molecular flexibility index (Phi) is 3.79. The molecule has 2 rings (SSSR count). The molecule has 1 unspecified atom stereocenters. The van der Waals surface area contributed by atoms with Crippen LogP contribution in [0.2, 0.25) is 0 Å². The predicted molar refractivity (Wildman–Crippen MR) is 67.1 cm³/mol. The molecule has 0 bridgehead atoms. The SMILES string of the molecule is COC1CCCN(C(=O)c2cccc(C)c2)C1. The van der Waals surface area contributed by atoms with Gasteiger partial charge in [0.2, 0.25) is 0 Å². The fraction of sp³-hybridized carbons (Fsp3) is 0.500. The molecule has 0 N–H and O–H groups in total. The summed E-state index contributed by atoms with van der Waals surface area (Å²) in [6.07, 6.45) is 2.27. The van der Waals surface area contributed by atoms with E-state index in [1.165, 1.54) is 0 Å². The summed E-state index contributed by atoms with van der Waals surface area (Å²) in [5.74, 6) is 0.121. The van der Waals surface area contributed by atoms with E-state index in [1.54, 1.807) is 7.11 Å². The second-order valence-electron chi connectivity index (χ2n) is 4.62.